The van der Waals surface area contributed by atoms with Crippen LogP contribution in [0.3, 0.4) is 0 Å². The molecular weight excluding hydrogens is 490 g/mol. The first-order chi connectivity index (χ1) is 17.1. The molecule has 1 heterocycles. The van der Waals surface area contributed by atoms with Crippen molar-refractivity contribution in [3.05, 3.63) is 94.0 Å². The third kappa shape index (κ3) is 4.52. The topological polar surface area (TPSA) is 70.1 Å². The second kappa shape index (κ2) is 9.99. The van der Waals surface area contributed by atoms with E-state index in [-0.39, 0.29) is 16.8 Å². The van der Waals surface area contributed by atoms with E-state index in [2.05, 4.69) is 0 Å². The molecule has 0 radical (unpaired) electrons. The highest BCUT2D eigenvalue weighted by Crippen LogP contribution is 2.43. The summed E-state index contributed by atoms with van der Waals surface area (Å²) in [7, 11) is 3.72. The number of aliphatic hydroxyl groups excluding tert-OH is 1. The zero-order chi connectivity index (χ0) is 26.1. The molecule has 6 nitrogen and oxygen atoms in total. The van der Waals surface area contributed by atoms with Crippen LogP contribution in [0.2, 0.25) is 5.02 Å². The molecule has 0 aliphatic carbocycles. The van der Waals surface area contributed by atoms with Crippen molar-refractivity contribution in [3.63, 3.8) is 0 Å². The standard InChI is InChI=1S/C27H23ClF2N2O4/c1-4-36-22-13-16(7-11-19(22)28)25(33)23-24(15-5-8-17(9-6-15)31(2)3)32(27(35)26(23)34)18-10-12-20(29)21(30)14-18/h5-14,24,33H,4H2,1-3H3/b25-23+. The lowest BCUT2D eigenvalue weighted by atomic mass is 9.94. The molecule has 1 aliphatic rings. The second-order valence-electron chi connectivity index (χ2n) is 8.33. The molecule has 1 unspecified atom stereocenters. The van der Waals surface area contributed by atoms with Gasteiger partial charge in [-0.05, 0) is 55.0 Å². The summed E-state index contributed by atoms with van der Waals surface area (Å²) in [5, 5.41) is 11.6. The Morgan fingerprint density at radius 3 is 2.33 bits per heavy atom. The van der Waals surface area contributed by atoms with E-state index in [1.807, 2.05) is 19.0 Å². The highest BCUT2D eigenvalue weighted by Gasteiger charge is 2.47. The molecule has 1 aliphatic heterocycles. The van der Waals surface area contributed by atoms with Gasteiger partial charge < -0.3 is 14.7 Å². The lowest BCUT2D eigenvalue weighted by Crippen LogP contribution is -2.29. The van der Waals surface area contributed by atoms with Gasteiger partial charge in [0.25, 0.3) is 11.7 Å². The van der Waals surface area contributed by atoms with Crippen molar-refractivity contribution < 1.29 is 28.2 Å². The number of Topliss-reactive ketones (excluding diaryl/α,β-unsaturated/α-hetero) is 1. The summed E-state index contributed by atoms with van der Waals surface area (Å²) in [4.78, 5) is 29.4. The van der Waals surface area contributed by atoms with Crippen molar-refractivity contribution in [2.24, 2.45) is 0 Å². The molecule has 1 fully saturated rings. The van der Waals surface area contributed by atoms with E-state index < -0.39 is 35.1 Å². The Labute approximate surface area is 212 Å². The van der Waals surface area contributed by atoms with Gasteiger partial charge in [-0.1, -0.05) is 23.7 Å². The van der Waals surface area contributed by atoms with Gasteiger partial charge in [0.15, 0.2) is 11.6 Å². The third-order valence-corrected chi connectivity index (χ3v) is 6.17. The quantitative estimate of drug-likeness (QED) is 0.260. The number of carbonyl (C=O) groups excluding carboxylic acids is 2. The first-order valence-corrected chi connectivity index (χ1v) is 11.5. The minimum atomic E-state index is -1.17. The number of benzene rings is 3. The van der Waals surface area contributed by atoms with Gasteiger partial charge in [-0.3, -0.25) is 14.5 Å². The summed E-state index contributed by atoms with van der Waals surface area (Å²) in [6.07, 6.45) is 0. The van der Waals surface area contributed by atoms with Crippen LogP contribution in [-0.4, -0.2) is 37.5 Å². The Bertz CT molecular complexity index is 1370. The minimum Gasteiger partial charge on any atom is -0.507 e. The van der Waals surface area contributed by atoms with Crippen molar-refractivity contribution in [1.29, 1.82) is 0 Å². The van der Waals surface area contributed by atoms with Crippen LogP contribution >= 0.6 is 11.6 Å². The number of amides is 1. The minimum absolute atomic E-state index is 0.0251. The van der Waals surface area contributed by atoms with Gasteiger partial charge in [0.2, 0.25) is 0 Å². The van der Waals surface area contributed by atoms with E-state index in [4.69, 9.17) is 16.3 Å². The average Bonchev–Trinajstić information content (AvgIpc) is 3.12. The predicted molar refractivity (Wildman–Crippen MR) is 135 cm³/mol. The molecule has 3 aromatic carbocycles. The summed E-state index contributed by atoms with van der Waals surface area (Å²) in [5.41, 5.74) is 1.34. The molecule has 0 spiro atoms. The van der Waals surface area contributed by atoms with Crippen LogP contribution in [0, 0.1) is 11.6 Å². The normalized spacial score (nSPS) is 16.9. The number of halogens is 3. The molecule has 3 aromatic rings. The number of carbonyl (C=O) groups is 2. The Kier molecular flexibility index (Phi) is 6.99. The molecule has 4 rings (SSSR count). The SMILES string of the molecule is CCOc1cc(/C(O)=C2\C(=O)C(=O)N(c3ccc(F)c(F)c3)C2c2ccc(N(C)C)cc2)ccc1Cl. The van der Waals surface area contributed by atoms with Crippen LogP contribution in [-0.2, 0) is 9.59 Å². The third-order valence-electron chi connectivity index (χ3n) is 5.86. The molecule has 0 bridgehead atoms. The molecule has 0 aromatic heterocycles. The largest absolute Gasteiger partial charge is 0.507 e. The van der Waals surface area contributed by atoms with Gasteiger partial charge >= 0.3 is 0 Å². The smallest absolute Gasteiger partial charge is 0.300 e. The summed E-state index contributed by atoms with van der Waals surface area (Å²) in [6.45, 7) is 2.09. The lowest BCUT2D eigenvalue weighted by molar-refractivity contribution is -0.132. The van der Waals surface area contributed by atoms with Gasteiger partial charge in [0.05, 0.1) is 23.2 Å². The monoisotopic (exact) mass is 512 g/mol. The first kappa shape index (κ1) is 25.2. The summed E-state index contributed by atoms with van der Waals surface area (Å²) in [6, 6.07) is 13.3. The van der Waals surface area contributed by atoms with Crippen molar-refractivity contribution in [1.82, 2.24) is 0 Å². The van der Waals surface area contributed by atoms with Gasteiger partial charge in [0, 0.05) is 37.1 Å². The average molecular weight is 513 g/mol. The van der Waals surface area contributed by atoms with E-state index >= 15 is 0 Å². The molecule has 1 N–H and O–H groups in total. The summed E-state index contributed by atoms with van der Waals surface area (Å²) in [5.74, 6) is -4.36. The van der Waals surface area contributed by atoms with Gasteiger partial charge in [-0.25, -0.2) is 8.78 Å². The van der Waals surface area contributed by atoms with E-state index in [0.717, 1.165) is 22.7 Å². The van der Waals surface area contributed by atoms with Crippen molar-refractivity contribution in [2.45, 2.75) is 13.0 Å². The Balaban J connectivity index is 1.93. The Morgan fingerprint density at radius 1 is 1.03 bits per heavy atom. The van der Waals surface area contributed by atoms with Crippen LogP contribution in [0.15, 0.2) is 66.2 Å². The van der Waals surface area contributed by atoms with E-state index in [1.165, 1.54) is 24.3 Å². The number of aliphatic hydroxyl groups is 1. The molecule has 9 heteroatoms. The van der Waals surface area contributed by atoms with Crippen molar-refractivity contribution in [3.8, 4) is 5.75 Å². The van der Waals surface area contributed by atoms with Crippen LogP contribution in [0.5, 0.6) is 5.75 Å². The van der Waals surface area contributed by atoms with Gasteiger partial charge in [-0.2, -0.15) is 0 Å². The maximum Gasteiger partial charge on any atom is 0.300 e. The van der Waals surface area contributed by atoms with Crippen LogP contribution in [0.1, 0.15) is 24.1 Å². The highest BCUT2D eigenvalue weighted by molar-refractivity contribution is 6.51. The fraction of sp³-hybridized carbons (Fsp3) is 0.185. The van der Waals surface area contributed by atoms with E-state index in [0.29, 0.717) is 22.9 Å². The zero-order valence-electron chi connectivity index (χ0n) is 19.8. The van der Waals surface area contributed by atoms with E-state index in [9.17, 15) is 23.5 Å². The fourth-order valence-electron chi connectivity index (χ4n) is 4.08. The molecule has 1 atom stereocenters. The fourth-order valence-corrected chi connectivity index (χ4v) is 4.25. The lowest BCUT2D eigenvalue weighted by Gasteiger charge is -2.26. The van der Waals surface area contributed by atoms with Crippen LogP contribution < -0.4 is 14.5 Å². The highest BCUT2D eigenvalue weighted by atomic mass is 35.5. The summed E-state index contributed by atoms with van der Waals surface area (Å²) < 4.78 is 33.2. The van der Waals surface area contributed by atoms with Crippen LogP contribution in [0.25, 0.3) is 5.76 Å². The number of ether oxygens (including phenoxy) is 1. The first-order valence-electron chi connectivity index (χ1n) is 11.1. The Hall–Kier alpha value is -3.91. The van der Waals surface area contributed by atoms with Gasteiger partial charge in [-0.15, -0.1) is 0 Å². The maximum atomic E-state index is 14.1. The van der Waals surface area contributed by atoms with Gasteiger partial charge in [0.1, 0.15) is 11.5 Å². The second-order valence-corrected chi connectivity index (χ2v) is 8.74. The predicted octanol–water partition coefficient (Wildman–Crippen LogP) is 5.71. The molecule has 1 saturated heterocycles. The number of ketones is 1. The number of rotatable bonds is 6. The zero-order valence-corrected chi connectivity index (χ0v) is 20.5. The number of hydrogen-bond donors (Lipinski definition) is 1. The Morgan fingerprint density at radius 2 is 1.72 bits per heavy atom. The van der Waals surface area contributed by atoms with Crippen LogP contribution in [0.4, 0.5) is 20.2 Å². The molecule has 36 heavy (non-hydrogen) atoms. The molecule has 186 valence electrons. The van der Waals surface area contributed by atoms with Crippen molar-refractivity contribution >= 4 is 40.4 Å². The number of nitrogens with zero attached hydrogens (tertiary/aromatic N) is 2. The summed E-state index contributed by atoms with van der Waals surface area (Å²) >= 11 is 6.16. The number of anilines is 2. The number of hydrogen-bond acceptors (Lipinski definition) is 5. The molecule has 1 amide bonds. The van der Waals surface area contributed by atoms with Crippen molar-refractivity contribution in [2.75, 3.05) is 30.5 Å². The molecular formula is C27H23ClF2N2O4. The van der Waals surface area contributed by atoms with E-state index in [1.54, 1.807) is 31.2 Å². The maximum absolute atomic E-state index is 14.1. The molecule has 0 saturated carbocycles.